The number of barbiturate groups is 1. The van der Waals surface area contributed by atoms with Crippen molar-refractivity contribution >= 4 is 51.6 Å². The number of fused-ring (bicyclic) bond motifs is 3. The highest BCUT2D eigenvalue weighted by Crippen LogP contribution is 2.32. The van der Waals surface area contributed by atoms with Gasteiger partial charge in [-0.05, 0) is 37.6 Å². The molecule has 1 saturated heterocycles. The fourth-order valence-electron chi connectivity index (χ4n) is 4.35. The van der Waals surface area contributed by atoms with E-state index in [-0.39, 0.29) is 13.1 Å². The Morgan fingerprint density at radius 2 is 1.70 bits per heavy atom. The van der Waals surface area contributed by atoms with Crippen LogP contribution in [0.5, 0.6) is 0 Å². The van der Waals surface area contributed by atoms with E-state index in [4.69, 9.17) is 0 Å². The zero-order chi connectivity index (χ0) is 23.5. The monoisotopic (exact) mass is 444 g/mol. The summed E-state index contributed by atoms with van der Waals surface area (Å²) in [6.45, 7) is 8.90. The highest BCUT2D eigenvalue weighted by atomic mass is 16.2. The summed E-state index contributed by atoms with van der Waals surface area (Å²) in [5.41, 5.74) is 2.91. The van der Waals surface area contributed by atoms with Crippen molar-refractivity contribution in [1.82, 2.24) is 14.4 Å². The number of rotatable bonds is 8. The Kier molecular flexibility index (Phi) is 6.40. The maximum atomic E-state index is 13.0. The first-order valence-corrected chi connectivity index (χ1v) is 11.3. The van der Waals surface area contributed by atoms with E-state index >= 15 is 0 Å². The Balaban J connectivity index is 1.69. The Morgan fingerprint density at radius 3 is 2.42 bits per heavy atom. The Hall–Kier alpha value is -3.74. The summed E-state index contributed by atoms with van der Waals surface area (Å²) in [5.74, 6) is -2.22. The first-order chi connectivity index (χ1) is 16.0. The Labute approximate surface area is 193 Å². The van der Waals surface area contributed by atoms with Crippen LogP contribution in [0.1, 0.15) is 26.7 Å². The van der Waals surface area contributed by atoms with Gasteiger partial charge in [0.15, 0.2) is 5.92 Å². The molecule has 0 N–H and O–H groups in total. The normalized spacial score (nSPS) is 17.2. The van der Waals surface area contributed by atoms with Crippen molar-refractivity contribution < 1.29 is 14.4 Å². The van der Waals surface area contributed by atoms with Crippen molar-refractivity contribution in [2.75, 3.05) is 13.1 Å². The average Bonchev–Trinajstić information content (AvgIpc) is 3.14. The number of benzene rings is 2. The Bertz CT molecular complexity index is 1270. The van der Waals surface area contributed by atoms with E-state index in [1.165, 1.54) is 12.3 Å². The summed E-state index contributed by atoms with van der Waals surface area (Å²) < 4.78 is 2.25. The lowest BCUT2D eigenvalue weighted by molar-refractivity contribution is -0.145. The van der Waals surface area contributed by atoms with Gasteiger partial charge in [-0.15, -0.1) is 6.58 Å². The van der Waals surface area contributed by atoms with Gasteiger partial charge in [-0.3, -0.25) is 24.4 Å². The number of amides is 4. The van der Waals surface area contributed by atoms with Crippen molar-refractivity contribution in [2.45, 2.75) is 33.2 Å². The second kappa shape index (κ2) is 9.40. The van der Waals surface area contributed by atoms with E-state index in [0.717, 1.165) is 44.6 Å². The number of aromatic nitrogens is 1. The zero-order valence-corrected chi connectivity index (χ0v) is 19.0. The number of urea groups is 1. The molecule has 7 nitrogen and oxygen atoms in total. The van der Waals surface area contributed by atoms with Gasteiger partial charge < -0.3 is 4.57 Å². The van der Waals surface area contributed by atoms with Crippen molar-refractivity contribution in [3.05, 3.63) is 55.1 Å². The minimum absolute atomic E-state index is 0.0559. The lowest BCUT2D eigenvalue weighted by atomic mass is 10.0. The molecule has 0 aliphatic carbocycles. The number of imide groups is 2. The number of carbonyl (C=O) groups is 3. The third-order valence-electron chi connectivity index (χ3n) is 6.02. The molecule has 1 atom stereocenters. The molecule has 170 valence electrons. The summed E-state index contributed by atoms with van der Waals surface area (Å²) in [6, 6.07) is 13.5. The third-order valence-corrected chi connectivity index (χ3v) is 6.02. The summed E-state index contributed by atoms with van der Waals surface area (Å²) in [7, 11) is 0. The van der Waals surface area contributed by atoms with Crippen LogP contribution in [0.15, 0.2) is 60.1 Å². The fraction of sp³-hybridized carbons (Fsp3) is 0.308. The SMILES string of the molecule is C=CCN1C(=O)C(C=Nc2ccc3c(c2)c2ccccc2n3CC)C(=O)N(CCCC)C1=O. The van der Waals surface area contributed by atoms with Crippen LogP contribution >= 0.6 is 0 Å². The van der Waals surface area contributed by atoms with Crippen LogP contribution < -0.4 is 0 Å². The summed E-state index contributed by atoms with van der Waals surface area (Å²) in [4.78, 5) is 45.3. The van der Waals surface area contributed by atoms with Crippen LogP contribution in [-0.2, 0) is 16.1 Å². The number of hydrogen-bond acceptors (Lipinski definition) is 4. The molecule has 0 radical (unpaired) electrons. The van der Waals surface area contributed by atoms with Crippen LogP contribution in [-0.4, -0.2) is 51.5 Å². The minimum Gasteiger partial charge on any atom is -0.341 e. The van der Waals surface area contributed by atoms with Crippen LogP contribution in [0.25, 0.3) is 21.8 Å². The number of para-hydroxylation sites is 1. The smallest absolute Gasteiger partial charge is 0.333 e. The van der Waals surface area contributed by atoms with Gasteiger partial charge in [-0.1, -0.05) is 37.6 Å². The number of hydrogen-bond donors (Lipinski definition) is 0. The van der Waals surface area contributed by atoms with E-state index in [1.54, 1.807) is 0 Å². The van der Waals surface area contributed by atoms with E-state index in [2.05, 4.69) is 35.2 Å². The van der Waals surface area contributed by atoms with Crippen molar-refractivity contribution in [1.29, 1.82) is 0 Å². The summed E-state index contributed by atoms with van der Waals surface area (Å²) in [6.07, 6.45) is 4.35. The fourth-order valence-corrected chi connectivity index (χ4v) is 4.35. The van der Waals surface area contributed by atoms with Gasteiger partial charge in [0, 0.05) is 47.7 Å². The quantitative estimate of drug-likeness (QED) is 0.281. The summed E-state index contributed by atoms with van der Waals surface area (Å²) >= 11 is 0. The highest BCUT2D eigenvalue weighted by molar-refractivity contribution is 6.23. The Morgan fingerprint density at radius 1 is 0.970 bits per heavy atom. The molecular formula is C26H28N4O3. The topological polar surface area (TPSA) is 75.0 Å². The van der Waals surface area contributed by atoms with Crippen LogP contribution in [0.2, 0.25) is 0 Å². The van der Waals surface area contributed by atoms with Gasteiger partial charge >= 0.3 is 6.03 Å². The molecule has 0 spiro atoms. The molecule has 1 aromatic heterocycles. The molecule has 3 aromatic rings. The molecule has 1 aliphatic heterocycles. The molecule has 1 aliphatic rings. The molecule has 2 heterocycles. The van der Waals surface area contributed by atoms with Crippen molar-refractivity contribution in [3.63, 3.8) is 0 Å². The van der Waals surface area contributed by atoms with Crippen LogP contribution in [0.4, 0.5) is 10.5 Å². The second-order valence-corrected chi connectivity index (χ2v) is 8.08. The first-order valence-electron chi connectivity index (χ1n) is 11.3. The zero-order valence-electron chi connectivity index (χ0n) is 19.0. The lowest BCUT2D eigenvalue weighted by Crippen LogP contribution is -2.60. The number of unbranched alkanes of at least 4 members (excludes halogenated alkanes) is 1. The summed E-state index contributed by atoms with van der Waals surface area (Å²) in [5, 5.41) is 2.20. The molecule has 1 fully saturated rings. The number of aliphatic imine (C=N–C) groups is 1. The van der Waals surface area contributed by atoms with Gasteiger partial charge in [-0.2, -0.15) is 0 Å². The number of carbonyl (C=O) groups excluding carboxylic acids is 3. The van der Waals surface area contributed by atoms with Crippen molar-refractivity contribution in [3.8, 4) is 0 Å². The van der Waals surface area contributed by atoms with E-state index in [9.17, 15) is 14.4 Å². The number of aryl methyl sites for hydroxylation is 1. The van der Waals surface area contributed by atoms with Gasteiger partial charge in [0.05, 0.1) is 5.69 Å². The van der Waals surface area contributed by atoms with Gasteiger partial charge in [0.2, 0.25) is 11.8 Å². The first kappa shape index (κ1) is 22.5. The van der Waals surface area contributed by atoms with E-state index in [0.29, 0.717) is 12.1 Å². The lowest BCUT2D eigenvalue weighted by Gasteiger charge is -2.35. The molecule has 0 bridgehead atoms. The predicted octanol–water partition coefficient (Wildman–Crippen LogP) is 4.91. The molecule has 0 saturated carbocycles. The minimum atomic E-state index is -1.13. The van der Waals surface area contributed by atoms with Crippen molar-refractivity contribution in [2.24, 2.45) is 10.9 Å². The maximum absolute atomic E-state index is 13.0. The molecule has 4 amide bonds. The van der Waals surface area contributed by atoms with Crippen LogP contribution in [0, 0.1) is 5.92 Å². The molecular weight excluding hydrogens is 416 g/mol. The third kappa shape index (κ3) is 3.95. The van der Waals surface area contributed by atoms with Gasteiger partial charge in [0.1, 0.15) is 0 Å². The molecule has 33 heavy (non-hydrogen) atoms. The molecule has 2 aromatic carbocycles. The second-order valence-electron chi connectivity index (χ2n) is 8.08. The standard InChI is InChI=1S/C26H28N4O3/c1-4-7-15-30-25(32)21(24(31)29(14-5-2)26(30)33)17-27-18-12-13-23-20(16-18)19-10-8-9-11-22(19)28(23)6-3/h5,8-13,16-17,21H,2,4,6-7,14-15H2,1,3H3. The largest absolute Gasteiger partial charge is 0.341 e. The van der Waals surface area contributed by atoms with Gasteiger partial charge in [0.25, 0.3) is 0 Å². The molecule has 1 unspecified atom stereocenters. The maximum Gasteiger partial charge on any atom is 0.333 e. The average molecular weight is 445 g/mol. The molecule has 7 heteroatoms. The predicted molar refractivity (Wildman–Crippen MR) is 131 cm³/mol. The van der Waals surface area contributed by atoms with E-state index < -0.39 is 23.8 Å². The van der Waals surface area contributed by atoms with E-state index in [1.807, 2.05) is 37.3 Å². The van der Waals surface area contributed by atoms with Crippen LogP contribution in [0.3, 0.4) is 0 Å². The number of nitrogens with zero attached hydrogens (tertiary/aromatic N) is 4. The molecule has 4 rings (SSSR count). The highest BCUT2D eigenvalue weighted by Gasteiger charge is 2.44. The van der Waals surface area contributed by atoms with Gasteiger partial charge in [-0.25, -0.2) is 4.79 Å².